The molecule has 0 atom stereocenters. The van der Waals surface area contributed by atoms with Crippen molar-refractivity contribution in [3.63, 3.8) is 0 Å². The van der Waals surface area contributed by atoms with Crippen LogP contribution in [0.5, 0.6) is 0 Å². The van der Waals surface area contributed by atoms with Gasteiger partial charge in [0.25, 0.3) is 0 Å². The first kappa shape index (κ1) is 22.6. The molecule has 37 heavy (non-hydrogen) atoms. The van der Waals surface area contributed by atoms with Gasteiger partial charge in [0.15, 0.2) is 0 Å². The maximum Gasteiger partial charge on any atom is 0.0973 e. The maximum atomic E-state index is 5.21. The Morgan fingerprint density at radius 2 is 0.973 bits per heavy atom. The molecule has 0 saturated heterocycles. The predicted octanol–water partition coefficient (Wildman–Crippen LogP) is 9.12. The quantitative estimate of drug-likeness (QED) is 0.249. The average molecular weight is 475 g/mol. The molecular formula is C35H26N2. The first-order valence-electron chi connectivity index (χ1n) is 12.5. The van der Waals surface area contributed by atoms with Crippen LogP contribution in [-0.4, -0.2) is 9.97 Å². The monoisotopic (exact) mass is 474 g/mol. The van der Waals surface area contributed by atoms with Crippen molar-refractivity contribution in [2.24, 2.45) is 0 Å². The van der Waals surface area contributed by atoms with Crippen LogP contribution in [0.15, 0.2) is 140 Å². The fourth-order valence-electron chi connectivity index (χ4n) is 4.70. The lowest BCUT2D eigenvalue weighted by Crippen LogP contribution is -1.98. The molecule has 0 N–H and O–H groups in total. The van der Waals surface area contributed by atoms with Crippen molar-refractivity contribution in [1.29, 1.82) is 0 Å². The van der Waals surface area contributed by atoms with Crippen LogP contribution < -0.4 is 0 Å². The van der Waals surface area contributed by atoms with Gasteiger partial charge in [-0.1, -0.05) is 121 Å². The minimum Gasteiger partial charge on any atom is -0.252 e. The predicted molar refractivity (Wildman–Crippen MR) is 154 cm³/mol. The molecule has 0 bridgehead atoms. The van der Waals surface area contributed by atoms with Gasteiger partial charge in [-0.2, -0.15) is 0 Å². The molecule has 0 aliphatic heterocycles. The highest BCUT2D eigenvalue weighted by molar-refractivity contribution is 5.85. The molecule has 1 heterocycles. The molecule has 0 spiro atoms. The molecule has 0 aliphatic rings. The molecule has 0 saturated carbocycles. The number of rotatable bonds is 5. The van der Waals surface area contributed by atoms with Crippen molar-refractivity contribution in [2.45, 2.75) is 6.92 Å². The molecule has 6 rings (SSSR count). The molecule has 0 fully saturated rings. The molecule has 6 aromatic rings. The SMILES string of the molecule is Cc1ccc(-c2ccccc2)cc1-c1ncc(-c2ccccc2)nc1-c1cccc(-c2ccccc2)c1. The van der Waals surface area contributed by atoms with Gasteiger partial charge in [0.1, 0.15) is 0 Å². The number of hydrogen-bond acceptors (Lipinski definition) is 2. The van der Waals surface area contributed by atoms with Gasteiger partial charge in [-0.25, -0.2) is 4.98 Å². The molecule has 176 valence electrons. The summed E-state index contributed by atoms with van der Waals surface area (Å²) in [5.74, 6) is 0. The van der Waals surface area contributed by atoms with Crippen molar-refractivity contribution < 1.29 is 0 Å². The minimum absolute atomic E-state index is 0.862. The third-order valence-electron chi connectivity index (χ3n) is 6.68. The van der Waals surface area contributed by atoms with Crippen LogP contribution in [-0.2, 0) is 0 Å². The summed E-state index contributed by atoms with van der Waals surface area (Å²) in [4.78, 5) is 10.2. The van der Waals surface area contributed by atoms with E-state index in [4.69, 9.17) is 9.97 Å². The molecule has 0 aliphatic carbocycles. The summed E-state index contributed by atoms with van der Waals surface area (Å²) in [5.41, 5.74) is 11.7. The highest BCUT2D eigenvalue weighted by Crippen LogP contribution is 2.36. The molecule has 1 aromatic heterocycles. The van der Waals surface area contributed by atoms with E-state index in [2.05, 4.69) is 110 Å². The normalized spacial score (nSPS) is 10.8. The number of hydrogen-bond donors (Lipinski definition) is 0. The number of benzene rings is 5. The van der Waals surface area contributed by atoms with Gasteiger partial charge in [-0.15, -0.1) is 0 Å². The van der Waals surface area contributed by atoms with Gasteiger partial charge >= 0.3 is 0 Å². The van der Waals surface area contributed by atoms with Crippen LogP contribution >= 0.6 is 0 Å². The van der Waals surface area contributed by atoms with E-state index in [1.807, 2.05) is 36.5 Å². The zero-order valence-electron chi connectivity index (χ0n) is 20.7. The van der Waals surface area contributed by atoms with E-state index in [1.54, 1.807) is 0 Å². The lowest BCUT2D eigenvalue weighted by Gasteiger charge is -2.15. The van der Waals surface area contributed by atoms with Gasteiger partial charge in [0.2, 0.25) is 0 Å². The van der Waals surface area contributed by atoms with Gasteiger partial charge in [-0.05, 0) is 46.9 Å². The Labute approximate surface area is 218 Å². The molecule has 2 nitrogen and oxygen atoms in total. The van der Waals surface area contributed by atoms with Gasteiger partial charge in [-0.3, -0.25) is 4.98 Å². The van der Waals surface area contributed by atoms with Crippen LogP contribution in [0.2, 0.25) is 0 Å². The van der Waals surface area contributed by atoms with E-state index in [9.17, 15) is 0 Å². The van der Waals surface area contributed by atoms with Crippen LogP contribution in [0.3, 0.4) is 0 Å². The number of aryl methyl sites for hydroxylation is 1. The topological polar surface area (TPSA) is 25.8 Å². The summed E-state index contributed by atoms with van der Waals surface area (Å²) in [6.45, 7) is 2.14. The van der Waals surface area contributed by atoms with Crippen LogP contribution in [0, 0.1) is 6.92 Å². The van der Waals surface area contributed by atoms with E-state index < -0.39 is 0 Å². The largest absolute Gasteiger partial charge is 0.252 e. The van der Waals surface area contributed by atoms with E-state index in [0.29, 0.717) is 0 Å². The summed E-state index contributed by atoms with van der Waals surface area (Å²) >= 11 is 0. The Hall–Kier alpha value is -4.82. The van der Waals surface area contributed by atoms with Crippen LogP contribution in [0.1, 0.15) is 5.56 Å². The lowest BCUT2D eigenvalue weighted by atomic mass is 9.94. The third kappa shape index (κ3) is 4.70. The Morgan fingerprint density at radius 3 is 1.62 bits per heavy atom. The van der Waals surface area contributed by atoms with Crippen molar-refractivity contribution in [2.75, 3.05) is 0 Å². The highest BCUT2D eigenvalue weighted by Gasteiger charge is 2.16. The molecule has 5 aromatic carbocycles. The summed E-state index contributed by atoms with van der Waals surface area (Å²) < 4.78 is 0. The molecule has 0 amide bonds. The Morgan fingerprint density at radius 1 is 0.432 bits per heavy atom. The average Bonchev–Trinajstić information content (AvgIpc) is 2.99. The second-order valence-electron chi connectivity index (χ2n) is 9.16. The van der Waals surface area contributed by atoms with Crippen LogP contribution in [0.25, 0.3) is 56.0 Å². The smallest absolute Gasteiger partial charge is 0.0973 e. The summed E-state index contributed by atoms with van der Waals surface area (Å²) in [6.07, 6.45) is 1.89. The first-order valence-corrected chi connectivity index (χ1v) is 12.5. The van der Waals surface area contributed by atoms with Crippen molar-refractivity contribution in [3.05, 3.63) is 145 Å². The number of nitrogens with zero attached hydrogens (tertiary/aromatic N) is 2. The van der Waals surface area contributed by atoms with Crippen molar-refractivity contribution >= 4 is 0 Å². The highest BCUT2D eigenvalue weighted by atomic mass is 14.8. The van der Waals surface area contributed by atoms with Gasteiger partial charge in [0, 0.05) is 16.7 Å². The second kappa shape index (κ2) is 10.0. The molecule has 0 radical (unpaired) electrons. The van der Waals surface area contributed by atoms with E-state index in [1.165, 1.54) is 22.3 Å². The first-order chi connectivity index (χ1) is 18.3. The lowest BCUT2D eigenvalue weighted by molar-refractivity contribution is 1.21. The fourth-order valence-corrected chi connectivity index (χ4v) is 4.70. The van der Waals surface area contributed by atoms with E-state index in [-0.39, 0.29) is 0 Å². The second-order valence-corrected chi connectivity index (χ2v) is 9.16. The maximum absolute atomic E-state index is 5.21. The van der Waals surface area contributed by atoms with Crippen molar-refractivity contribution in [3.8, 4) is 56.0 Å². The zero-order valence-corrected chi connectivity index (χ0v) is 20.7. The fraction of sp³-hybridized carbons (Fsp3) is 0.0286. The minimum atomic E-state index is 0.862. The molecular weight excluding hydrogens is 448 g/mol. The summed E-state index contributed by atoms with van der Waals surface area (Å²) in [7, 11) is 0. The van der Waals surface area contributed by atoms with E-state index >= 15 is 0 Å². The molecule has 0 unspecified atom stereocenters. The van der Waals surface area contributed by atoms with Crippen molar-refractivity contribution in [1.82, 2.24) is 9.97 Å². The standard InChI is InChI=1S/C35H26N2/c1-25-20-21-30(27-14-7-3-8-15-27)23-32(25)35-34(37-33(24-36-35)28-16-9-4-10-17-28)31-19-11-18-29(22-31)26-12-5-2-6-13-26/h2-24H,1H3. The molecule has 2 heteroatoms. The van der Waals surface area contributed by atoms with E-state index in [0.717, 1.165) is 39.3 Å². The van der Waals surface area contributed by atoms with Gasteiger partial charge in [0.05, 0.1) is 23.3 Å². The Kier molecular flexibility index (Phi) is 6.14. The zero-order chi connectivity index (χ0) is 25.0. The number of aromatic nitrogens is 2. The summed E-state index contributed by atoms with van der Waals surface area (Å²) in [5, 5.41) is 0. The third-order valence-corrected chi connectivity index (χ3v) is 6.68. The van der Waals surface area contributed by atoms with Crippen LogP contribution in [0.4, 0.5) is 0 Å². The summed E-state index contributed by atoms with van der Waals surface area (Å²) in [6, 6.07) is 46.4. The Balaban J connectivity index is 1.55. The Bertz CT molecular complexity index is 1660. The van der Waals surface area contributed by atoms with Gasteiger partial charge < -0.3 is 0 Å².